The second kappa shape index (κ2) is 10.2. The number of nitrogens with one attached hydrogen (secondary N) is 2. The summed E-state index contributed by atoms with van der Waals surface area (Å²) in [5, 5.41) is 18.8. The number of amides is 1. The Kier molecular flexibility index (Phi) is 6.95. The number of benzene rings is 1. The quantitative estimate of drug-likeness (QED) is 0.509. The smallest absolute Gasteiger partial charge is 0.252 e. The summed E-state index contributed by atoms with van der Waals surface area (Å²) < 4.78 is 7.90. The zero-order valence-corrected chi connectivity index (χ0v) is 18.8. The van der Waals surface area contributed by atoms with Crippen molar-refractivity contribution < 1.29 is 9.53 Å². The van der Waals surface area contributed by atoms with Crippen LogP contribution in [0.1, 0.15) is 42.1 Å². The molecule has 1 aliphatic rings. The summed E-state index contributed by atoms with van der Waals surface area (Å²) in [6.45, 7) is 4.80. The van der Waals surface area contributed by atoms with Gasteiger partial charge in [-0.05, 0) is 43.9 Å². The molecule has 0 saturated carbocycles. The molecule has 2 unspecified atom stereocenters. The van der Waals surface area contributed by atoms with E-state index in [1.807, 2.05) is 36.0 Å². The van der Waals surface area contributed by atoms with Crippen LogP contribution in [0.15, 0.2) is 42.9 Å². The van der Waals surface area contributed by atoms with Gasteiger partial charge in [-0.1, -0.05) is 19.1 Å². The van der Waals surface area contributed by atoms with Gasteiger partial charge in [-0.3, -0.25) is 9.48 Å². The number of rotatable bonds is 8. The average molecular weight is 446 g/mol. The highest BCUT2D eigenvalue weighted by Crippen LogP contribution is 2.25. The van der Waals surface area contributed by atoms with Crippen LogP contribution >= 0.6 is 0 Å². The maximum atomic E-state index is 12.0. The fourth-order valence-corrected chi connectivity index (χ4v) is 3.88. The first kappa shape index (κ1) is 22.4. The van der Waals surface area contributed by atoms with Gasteiger partial charge in [-0.2, -0.15) is 10.4 Å². The number of ether oxygens (including phenoxy) is 1. The van der Waals surface area contributed by atoms with E-state index in [1.54, 1.807) is 24.5 Å². The van der Waals surface area contributed by atoms with Crippen molar-refractivity contribution in [3.05, 3.63) is 54.0 Å². The lowest BCUT2D eigenvalue weighted by atomic mass is 10.1. The summed E-state index contributed by atoms with van der Waals surface area (Å²) >= 11 is 0. The standard InChI is InChI=1S/C24H27N7O2/c1-3-20-8-9-21(33-20)15-31-14-19(13-28-31)29-24-27-12-16(2)22(30-24)17-4-6-18(7-5-17)23(32)26-11-10-25/h4-7,12-14,20-21H,3,8-9,11,15H2,1-2H3,(H,26,32)(H,27,29,30). The minimum atomic E-state index is -0.282. The fraction of sp³-hybridized carbons (Fsp3) is 0.375. The second-order valence-electron chi connectivity index (χ2n) is 8.09. The first-order valence-corrected chi connectivity index (χ1v) is 11.1. The van der Waals surface area contributed by atoms with Gasteiger partial charge in [0.25, 0.3) is 5.91 Å². The number of nitrogens with zero attached hydrogens (tertiary/aromatic N) is 5. The Morgan fingerprint density at radius 2 is 2.03 bits per heavy atom. The predicted molar refractivity (Wildman–Crippen MR) is 124 cm³/mol. The molecule has 1 amide bonds. The minimum Gasteiger partial charge on any atom is -0.373 e. The van der Waals surface area contributed by atoms with Crippen molar-refractivity contribution in [1.29, 1.82) is 5.26 Å². The number of aromatic nitrogens is 4. The number of anilines is 2. The highest BCUT2D eigenvalue weighted by Gasteiger charge is 2.24. The molecular weight excluding hydrogens is 418 g/mol. The Labute approximate surface area is 192 Å². The summed E-state index contributed by atoms with van der Waals surface area (Å²) in [4.78, 5) is 21.1. The number of aryl methyl sites for hydroxylation is 1. The molecular formula is C24H27N7O2. The Hall–Kier alpha value is -3.77. The summed E-state index contributed by atoms with van der Waals surface area (Å²) in [6, 6.07) is 9.00. The normalized spacial score (nSPS) is 17.5. The molecule has 2 aromatic heterocycles. The zero-order valence-electron chi connectivity index (χ0n) is 18.8. The minimum absolute atomic E-state index is 0.0237. The van der Waals surface area contributed by atoms with E-state index in [2.05, 4.69) is 32.6 Å². The van der Waals surface area contributed by atoms with Crippen LogP contribution in [0.4, 0.5) is 11.6 Å². The number of hydrogen-bond donors (Lipinski definition) is 2. The topological polar surface area (TPSA) is 118 Å². The monoisotopic (exact) mass is 445 g/mol. The van der Waals surface area contributed by atoms with E-state index in [-0.39, 0.29) is 18.6 Å². The van der Waals surface area contributed by atoms with Crippen LogP contribution < -0.4 is 10.6 Å². The summed E-state index contributed by atoms with van der Waals surface area (Å²) in [5.41, 5.74) is 3.85. The Morgan fingerprint density at radius 3 is 2.76 bits per heavy atom. The van der Waals surface area contributed by atoms with E-state index in [4.69, 9.17) is 10.00 Å². The van der Waals surface area contributed by atoms with Crippen LogP contribution in [0.25, 0.3) is 11.3 Å². The van der Waals surface area contributed by atoms with Crippen molar-refractivity contribution in [2.45, 2.75) is 51.9 Å². The van der Waals surface area contributed by atoms with E-state index in [0.29, 0.717) is 17.6 Å². The molecule has 33 heavy (non-hydrogen) atoms. The zero-order chi connectivity index (χ0) is 23.2. The molecule has 1 aromatic carbocycles. The molecule has 1 fully saturated rings. The Balaban J connectivity index is 1.43. The first-order valence-electron chi connectivity index (χ1n) is 11.1. The number of carbonyl (C=O) groups excluding carboxylic acids is 1. The van der Waals surface area contributed by atoms with Crippen LogP contribution in [0.5, 0.6) is 0 Å². The van der Waals surface area contributed by atoms with Crippen molar-refractivity contribution in [1.82, 2.24) is 25.1 Å². The van der Waals surface area contributed by atoms with E-state index < -0.39 is 0 Å². The van der Waals surface area contributed by atoms with Gasteiger partial charge in [0.15, 0.2) is 0 Å². The molecule has 3 heterocycles. The summed E-state index contributed by atoms with van der Waals surface area (Å²) in [6.07, 6.45) is 9.23. The molecule has 9 heteroatoms. The molecule has 2 N–H and O–H groups in total. The molecule has 9 nitrogen and oxygen atoms in total. The van der Waals surface area contributed by atoms with Gasteiger partial charge < -0.3 is 15.4 Å². The largest absolute Gasteiger partial charge is 0.373 e. The van der Waals surface area contributed by atoms with Crippen LogP contribution in [-0.4, -0.2) is 44.4 Å². The lowest BCUT2D eigenvalue weighted by Crippen LogP contribution is -2.23. The van der Waals surface area contributed by atoms with Crippen molar-refractivity contribution in [3.8, 4) is 17.3 Å². The van der Waals surface area contributed by atoms with Crippen LogP contribution in [0, 0.1) is 18.3 Å². The third-order valence-electron chi connectivity index (χ3n) is 5.65. The van der Waals surface area contributed by atoms with E-state index >= 15 is 0 Å². The molecule has 170 valence electrons. The molecule has 2 atom stereocenters. The van der Waals surface area contributed by atoms with Gasteiger partial charge in [-0.15, -0.1) is 0 Å². The number of carbonyl (C=O) groups is 1. The molecule has 0 radical (unpaired) electrons. The SMILES string of the molecule is CCC1CCC(Cn2cc(Nc3ncc(C)c(-c4ccc(C(=O)NCC#N)cc4)n3)cn2)O1. The Morgan fingerprint density at radius 1 is 1.24 bits per heavy atom. The van der Waals surface area contributed by atoms with Crippen LogP contribution in [0.2, 0.25) is 0 Å². The fourth-order valence-electron chi connectivity index (χ4n) is 3.88. The molecule has 1 aliphatic heterocycles. The maximum absolute atomic E-state index is 12.0. The Bertz CT molecular complexity index is 1150. The molecule has 0 spiro atoms. The van der Waals surface area contributed by atoms with Crippen LogP contribution in [0.3, 0.4) is 0 Å². The van der Waals surface area contributed by atoms with E-state index in [9.17, 15) is 4.79 Å². The van der Waals surface area contributed by atoms with Crippen molar-refractivity contribution in [2.24, 2.45) is 0 Å². The highest BCUT2D eigenvalue weighted by molar-refractivity contribution is 5.94. The van der Waals surface area contributed by atoms with Gasteiger partial charge in [0.05, 0.1) is 42.4 Å². The van der Waals surface area contributed by atoms with Crippen molar-refractivity contribution in [3.63, 3.8) is 0 Å². The number of nitriles is 1. The first-order chi connectivity index (χ1) is 16.1. The van der Waals surface area contributed by atoms with Gasteiger partial charge >= 0.3 is 0 Å². The van der Waals surface area contributed by atoms with Crippen molar-refractivity contribution >= 4 is 17.5 Å². The third kappa shape index (κ3) is 5.54. The number of hydrogen-bond acceptors (Lipinski definition) is 7. The van der Waals surface area contributed by atoms with E-state index in [1.165, 1.54) is 0 Å². The van der Waals surface area contributed by atoms with E-state index in [0.717, 1.165) is 48.3 Å². The summed E-state index contributed by atoms with van der Waals surface area (Å²) in [7, 11) is 0. The summed E-state index contributed by atoms with van der Waals surface area (Å²) in [5.74, 6) is 0.184. The molecule has 0 aliphatic carbocycles. The molecule has 1 saturated heterocycles. The van der Waals surface area contributed by atoms with Gasteiger partial charge in [0.2, 0.25) is 5.95 Å². The average Bonchev–Trinajstić information content (AvgIpc) is 3.48. The third-order valence-corrected chi connectivity index (χ3v) is 5.65. The van der Waals surface area contributed by atoms with Gasteiger partial charge in [0.1, 0.15) is 6.54 Å². The second-order valence-corrected chi connectivity index (χ2v) is 8.09. The lowest BCUT2D eigenvalue weighted by molar-refractivity contribution is 0.0322. The highest BCUT2D eigenvalue weighted by atomic mass is 16.5. The van der Waals surface area contributed by atoms with Crippen LogP contribution in [-0.2, 0) is 11.3 Å². The molecule has 3 aromatic rings. The predicted octanol–water partition coefficient (Wildman–Crippen LogP) is 3.60. The maximum Gasteiger partial charge on any atom is 0.252 e. The van der Waals surface area contributed by atoms with Gasteiger partial charge in [-0.25, -0.2) is 9.97 Å². The lowest BCUT2D eigenvalue weighted by Gasteiger charge is -2.12. The van der Waals surface area contributed by atoms with Crippen molar-refractivity contribution in [2.75, 3.05) is 11.9 Å². The molecule has 4 rings (SSSR count). The molecule has 0 bridgehead atoms. The van der Waals surface area contributed by atoms with Gasteiger partial charge in [0, 0.05) is 23.5 Å².